The van der Waals surface area contributed by atoms with Crippen molar-refractivity contribution in [1.82, 2.24) is 9.97 Å². The van der Waals surface area contributed by atoms with Crippen LogP contribution in [0.2, 0.25) is 0 Å². The second-order valence-electron chi connectivity index (χ2n) is 5.24. The van der Waals surface area contributed by atoms with Crippen molar-refractivity contribution in [3.63, 3.8) is 0 Å². The second kappa shape index (κ2) is 5.90. The van der Waals surface area contributed by atoms with E-state index in [2.05, 4.69) is 20.7 Å². The minimum Gasteiger partial charge on any atom is -0.396 e. The zero-order valence-corrected chi connectivity index (χ0v) is 12.0. The zero-order chi connectivity index (χ0) is 13.9. The van der Waals surface area contributed by atoms with Gasteiger partial charge in [0.1, 0.15) is 10.6 Å². The second-order valence-corrected chi connectivity index (χ2v) is 6.13. The van der Waals surface area contributed by atoms with Crippen molar-refractivity contribution in [2.45, 2.75) is 31.7 Å². The number of nitrogen functional groups attached to an aromatic ring is 1. The first kappa shape index (κ1) is 13.5. The number of nitrogens with zero attached hydrogens (tertiary/aromatic N) is 2. The van der Waals surface area contributed by atoms with Gasteiger partial charge in [-0.2, -0.15) is 4.98 Å². The van der Waals surface area contributed by atoms with E-state index in [4.69, 9.17) is 5.84 Å². The lowest BCUT2D eigenvalue weighted by molar-refractivity contribution is 0.184. The molecule has 1 fully saturated rings. The van der Waals surface area contributed by atoms with Crippen LogP contribution in [0.15, 0.2) is 11.4 Å². The summed E-state index contributed by atoms with van der Waals surface area (Å²) in [7, 11) is 0. The van der Waals surface area contributed by atoms with E-state index in [0.717, 1.165) is 41.7 Å². The van der Waals surface area contributed by atoms with Crippen LogP contribution in [0.5, 0.6) is 0 Å². The fraction of sp³-hybridized carbons (Fsp3) is 0.538. The molecule has 1 aliphatic rings. The van der Waals surface area contributed by atoms with Crippen molar-refractivity contribution in [2.24, 2.45) is 11.8 Å². The Morgan fingerprint density at radius 2 is 2.30 bits per heavy atom. The molecule has 20 heavy (non-hydrogen) atoms. The van der Waals surface area contributed by atoms with E-state index < -0.39 is 0 Å². The number of hydrogen-bond acceptors (Lipinski definition) is 7. The Morgan fingerprint density at radius 3 is 3.10 bits per heavy atom. The maximum absolute atomic E-state index is 9.32. The molecule has 0 spiro atoms. The zero-order valence-electron chi connectivity index (χ0n) is 11.2. The van der Waals surface area contributed by atoms with E-state index in [1.54, 1.807) is 11.3 Å². The third kappa shape index (κ3) is 2.70. The molecule has 108 valence electrons. The van der Waals surface area contributed by atoms with Crippen LogP contribution in [0.3, 0.4) is 0 Å². The van der Waals surface area contributed by atoms with Gasteiger partial charge >= 0.3 is 0 Å². The molecule has 2 aromatic rings. The Bertz CT molecular complexity index is 587. The molecule has 1 saturated carbocycles. The Morgan fingerprint density at radius 1 is 1.40 bits per heavy atom. The van der Waals surface area contributed by atoms with E-state index in [1.165, 1.54) is 0 Å². The quantitative estimate of drug-likeness (QED) is 0.508. The van der Waals surface area contributed by atoms with Crippen molar-refractivity contribution in [3.05, 3.63) is 11.4 Å². The number of nitrogens with two attached hydrogens (primary N) is 1. The summed E-state index contributed by atoms with van der Waals surface area (Å²) in [5.74, 6) is 7.07. The summed E-state index contributed by atoms with van der Waals surface area (Å²) in [5, 5.41) is 15.8. The molecule has 2 aromatic heterocycles. The average Bonchev–Trinajstić information content (AvgIpc) is 2.96. The summed E-state index contributed by atoms with van der Waals surface area (Å²) in [5.41, 5.74) is 2.51. The van der Waals surface area contributed by atoms with Crippen LogP contribution in [0, 0.1) is 5.92 Å². The molecule has 5 N–H and O–H groups in total. The maximum Gasteiger partial charge on any atom is 0.240 e. The van der Waals surface area contributed by atoms with E-state index in [9.17, 15) is 5.11 Å². The summed E-state index contributed by atoms with van der Waals surface area (Å²) in [4.78, 5) is 9.67. The molecule has 0 saturated heterocycles. The number of nitrogens with one attached hydrogen (secondary N) is 2. The average molecular weight is 293 g/mol. The minimum atomic E-state index is 0.269. The predicted molar refractivity (Wildman–Crippen MR) is 81.7 cm³/mol. The Kier molecular flexibility index (Phi) is 4.00. The van der Waals surface area contributed by atoms with E-state index in [-0.39, 0.29) is 6.61 Å². The normalized spacial score (nSPS) is 22.9. The number of anilines is 2. The molecular formula is C13H19N5OS. The Hall–Kier alpha value is -1.44. The van der Waals surface area contributed by atoms with E-state index >= 15 is 0 Å². The number of aromatic nitrogens is 2. The number of hydrogen-bond donors (Lipinski definition) is 4. The largest absolute Gasteiger partial charge is 0.396 e. The lowest BCUT2D eigenvalue weighted by Crippen LogP contribution is -2.29. The van der Waals surface area contributed by atoms with Crippen LogP contribution in [0.1, 0.15) is 25.7 Å². The number of aliphatic hydroxyl groups excluding tert-OH is 1. The first-order valence-corrected chi connectivity index (χ1v) is 7.77. The molecule has 2 heterocycles. The van der Waals surface area contributed by atoms with Gasteiger partial charge in [-0.1, -0.05) is 6.42 Å². The molecular weight excluding hydrogens is 274 g/mol. The minimum absolute atomic E-state index is 0.269. The number of aliphatic hydroxyl groups is 1. The van der Waals surface area contributed by atoms with Gasteiger partial charge in [-0.15, -0.1) is 11.3 Å². The van der Waals surface area contributed by atoms with Crippen molar-refractivity contribution < 1.29 is 5.11 Å². The maximum atomic E-state index is 9.32. The van der Waals surface area contributed by atoms with Gasteiger partial charge in [-0.25, -0.2) is 10.8 Å². The lowest BCUT2D eigenvalue weighted by atomic mass is 9.86. The van der Waals surface area contributed by atoms with E-state index in [0.29, 0.717) is 17.9 Å². The molecule has 3 rings (SSSR count). The lowest BCUT2D eigenvalue weighted by Gasteiger charge is -2.29. The van der Waals surface area contributed by atoms with Crippen LogP contribution < -0.4 is 16.6 Å². The molecule has 0 aliphatic heterocycles. The molecule has 0 amide bonds. The molecule has 7 heteroatoms. The summed E-state index contributed by atoms with van der Waals surface area (Å²) < 4.78 is 0. The molecule has 0 aromatic carbocycles. The highest BCUT2D eigenvalue weighted by Gasteiger charge is 2.22. The van der Waals surface area contributed by atoms with Crippen molar-refractivity contribution in [1.29, 1.82) is 0 Å². The van der Waals surface area contributed by atoms with Gasteiger partial charge in [0.25, 0.3) is 0 Å². The third-order valence-electron chi connectivity index (χ3n) is 3.84. The summed E-state index contributed by atoms with van der Waals surface area (Å²) in [6.07, 6.45) is 4.35. The van der Waals surface area contributed by atoms with Gasteiger partial charge in [0.2, 0.25) is 5.95 Å². The standard InChI is InChI=1S/C13H19N5OS/c14-18-13-16-11(10-4-5-20-12(10)17-13)15-9-3-1-2-8(6-9)7-19/h4-5,8-9,19H,1-3,6-7,14H2,(H2,15,16,17,18). The van der Waals surface area contributed by atoms with Crippen LogP contribution in [0.25, 0.3) is 10.2 Å². The molecule has 2 atom stereocenters. The van der Waals surface area contributed by atoms with Gasteiger partial charge in [-0.05, 0) is 36.6 Å². The highest BCUT2D eigenvalue weighted by molar-refractivity contribution is 7.16. The predicted octanol–water partition coefficient (Wildman–Crippen LogP) is 1.94. The van der Waals surface area contributed by atoms with Gasteiger partial charge in [0.05, 0.1) is 5.39 Å². The van der Waals surface area contributed by atoms with Gasteiger partial charge in [-0.3, -0.25) is 5.43 Å². The molecule has 0 bridgehead atoms. The number of rotatable bonds is 4. The number of thiophene rings is 1. The van der Waals surface area contributed by atoms with Crippen molar-refractivity contribution in [3.8, 4) is 0 Å². The highest BCUT2D eigenvalue weighted by Crippen LogP contribution is 2.30. The van der Waals surface area contributed by atoms with Crippen LogP contribution >= 0.6 is 11.3 Å². The summed E-state index contributed by atoms with van der Waals surface area (Å²) >= 11 is 1.57. The first-order chi connectivity index (χ1) is 9.80. The first-order valence-electron chi connectivity index (χ1n) is 6.89. The van der Waals surface area contributed by atoms with Gasteiger partial charge in [0, 0.05) is 12.6 Å². The Balaban J connectivity index is 1.84. The smallest absolute Gasteiger partial charge is 0.240 e. The monoisotopic (exact) mass is 293 g/mol. The molecule has 6 nitrogen and oxygen atoms in total. The summed E-state index contributed by atoms with van der Waals surface area (Å²) in [6.45, 7) is 0.269. The van der Waals surface area contributed by atoms with Crippen LogP contribution in [0.4, 0.5) is 11.8 Å². The Labute approximate surface area is 121 Å². The van der Waals surface area contributed by atoms with Gasteiger partial charge in [0.15, 0.2) is 0 Å². The van der Waals surface area contributed by atoms with E-state index in [1.807, 2.05) is 11.4 Å². The van der Waals surface area contributed by atoms with Crippen molar-refractivity contribution in [2.75, 3.05) is 17.3 Å². The number of hydrazine groups is 1. The fourth-order valence-corrected chi connectivity index (χ4v) is 3.58. The molecule has 1 aliphatic carbocycles. The van der Waals surface area contributed by atoms with Gasteiger partial charge < -0.3 is 10.4 Å². The SMILES string of the molecule is NNc1nc(NC2CCCC(CO)C2)c2ccsc2n1. The fourth-order valence-electron chi connectivity index (χ4n) is 2.81. The summed E-state index contributed by atoms with van der Waals surface area (Å²) in [6, 6.07) is 2.37. The van der Waals surface area contributed by atoms with Crippen LogP contribution in [-0.2, 0) is 0 Å². The highest BCUT2D eigenvalue weighted by atomic mass is 32.1. The molecule has 2 unspecified atom stereocenters. The third-order valence-corrected chi connectivity index (χ3v) is 4.64. The van der Waals surface area contributed by atoms with Crippen LogP contribution in [-0.4, -0.2) is 27.7 Å². The topological polar surface area (TPSA) is 96.1 Å². The number of fused-ring (bicyclic) bond motifs is 1. The molecule has 0 radical (unpaired) electrons. The van der Waals surface area contributed by atoms with Crippen molar-refractivity contribution >= 4 is 33.3 Å².